The molecule has 0 aromatic rings. The molecule has 1 rings (SSSR count). The van der Waals surface area contributed by atoms with Gasteiger partial charge >= 0.3 is 12.1 Å². The van der Waals surface area contributed by atoms with Gasteiger partial charge in [0.1, 0.15) is 0 Å². The van der Waals surface area contributed by atoms with E-state index in [-0.39, 0.29) is 13.1 Å². The minimum atomic E-state index is -1.25. The van der Waals surface area contributed by atoms with Gasteiger partial charge in [-0.1, -0.05) is 0 Å². The number of hydrogen-bond acceptors (Lipinski definition) is 3. The van der Waals surface area contributed by atoms with Crippen molar-refractivity contribution >= 4 is 18.8 Å². The van der Waals surface area contributed by atoms with Gasteiger partial charge in [0.2, 0.25) is 0 Å². The first-order valence-corrected chi connectivity index (χ1v) is 2.95. The van der Waals surface area contributed by atoms with Crippen molar-refractivity contribution in [3.8, 4) is 0 Å². The minimum Gasteiger partial charge on any atom is -0.465 e. The Bertz CT molecular complexity index is 215. The van der Waals surface area contributed by atoms with Crippen LogP contribution in [0.5, 0.6) is 0 Å². The van der Waals surface area contributed by atoms with Crippen LogP contribution in [0, 0.1) is 0 Å². The average molecular weight is 157 g/mol. The molecule has 1 saturated heterocycles. The Morgan fingerprint density at radius 3 is 2.55 bits per heavy atom. The summed E-state index contributed by atoms with van der Waals surface area (Å²) in [6.07, 6.45) is -1.25. The van der Waals surface area contributed by atoms with Crippen LogP contribution in [0.1, 0.15) is 0 Å². The van der Waals surface area contributed by atoms with Gasteiger partial charge < -0.3 is 5.11 Å². The van der Waals surface area contributed by atoms with E-state index in [9.17, 15) is 9.59 Å². The second-order valence-corrected chi connectivity index (χ2v) is 1.98. The maximum Gasteiger partial charge on any atom is 0.415 e. The average Bonchev–Trinajstić information content (AvgIpc) is 2.30. The van der Waals surface area contributed by atoms with Crippen molar-refractivity contribution in [3.63, 3.8) is 0 Å². The van der Waals surface area contributed by atoms with Crippen LogP contribution < -0.4 is 0 Å². The van der Waals surface area contributed by atoms with Crippen molar-refractivity contribution in [3.05, 3.63) is 0 Å². The number of hydrazone groups is 1. The van der Waals surface area contributed by atoms with Crippen LogP contribution in [0.3, 0.4) is 0 Å². The summed E-state index contributed by atoms with van der Waals surface area (Å²) in [5.74, 6) is 0. The van der Waals surface area contributed by atoms with Crippen molar-refractivity contribution in [2.45, 2.75) is 0 Å². The molecule has 0 radical (unpaired) electrons. The van der Waals surface area contributed by atoms with E-state index in [0.29, 0.717) is 4.90 Å². The zero-order valence-corrected chi connectivity index (χ0v) is 5.73. The molecule has 0 aliphatic carbocycles. The van der Waals surface area contributed by atoms with Crippen LogP contribution in [-0.2, 0) is 0 Å². The predicted molar refractivity (Wildman–Crippen MR) is 36.4 cm³/mol. The normalized spacial score (nSPS) is 17.3. The molecule has 60 valence electrons. The van der Waals surface area contributed by atoms with Crippen LogP contribution in [0.2, 0.25) is 0 Å². The molecule has 0 saturated carbocycles. The van der Waals surface area contributed by atoms with Crippen molar-refractivity contribution in [2.24, 2.45) is 5.10 Å². The Hall–Kier alpha value is -1.59. The van der Waals surface area contributed by atoms with E-state index < -0.39 is 12.1 Å². The Balaban J connectivity index is 2.70. The summed E-state index contributed by atoms with van der Waals surface area (Å²) in [4.78, 5) is 21.9. The molecule has 1 N–H and O–H groups in total. The quantitative estimate of drug-likeness (QED) is 0.545. The number of rotatable bonds is 1. The molecule has 1 aliphatic rings. The van der Waals surface area contributed by atoms with Gasteiger partial charge in [-0.15, -0.1) is 0 Å². The molecular formula is C5H7N3O3. The SMILES string of the molecule is C=NN1CCN(C(=O)O)C1=O. The van der Waals surface area contributed by atoms with Gasteiger partial charge in [0.15, 0.2) is 0 Å². The number of carbonyl (C=O) groups excluding carboxylic acids is 1. The fourth-order valence-electron chi connectivity index (χ4n) is 0.834. The highest BCUT2D eigenvalue weighted by molar-refractivity contribution is 5.91. The lowest BCUT2D eigenvalue weighted by Gasteiger charge is -2.08. The summed E-state index contributed by atoms with van der Waals surface area (Å²) in [7, 11) is 0. The van der Waals surface area contributed by atoms with Crippen molar-refractivity contribution < 1.29 is 14.7 Å². The maximum absolute atomic E-state index is 10.9. The molecular weight excluding hydrogens is 150 g/mol. The van der Waals surface area contributed by atoms with E-state index in [1.54, 1.807) is 0 Å². The lowest BCUT2D eigenvalue weighted by atomic mass is 10.6. The van der Waals surface area contributed by atoms with Gasteiger partial charge in [0.25, 0.3) is 0 Å². The molecule has 0 atom stereocenters. The number of carboxylic acid groups (broad SMARTS) is 1. The Kier molecular flexibility index (Phi) is 1.75. The summed E-state index contributed by atoms with van der Waals surface area (Å²) in [6.45, 7) is 3.57. The van der Waals surface area contributed by atoms with Crippen molar-refractivity contribution in [1.82, 2.24) is 9.91 Å². The van der Waals surface area contributed by atoms with Gasteiger partial charge in [-0.25, -0.2) is 19.5 Å². The molecule has 1 heterocycles. The van der Waals surface area contributed by atoms with Gasteiger partial charge in [-0.2, -0.15) is 5.10 Å². The summed E-state index contributed by atoms with van der Waals surface area (Å²) in [5, 5.41) is 12.8. The Labute approximate surface area is 62.7 Å². The smallest absolute Gasteiger partial charge is 0.415 e. The number of hydrogen-bond donors (Lipinski definition) is 1. The third kappa shape index (κ3) is 1.14. The monoisotopic (exact) mass is 157 g/mol. The van der Waals surface area contributed by atoms with Crippen molar-refractivity contribution in [2.75, 3.05) is 13.1 Å². The van der Waals surface area contributed by atoms with Gasteiger partial charge in [0.05, 0.1) is 13.1 Å². The second kappa shape index (κ2) is 2.57. The van der Waals surface area contributed by atoms with Crippen LogP contribution in [0.15, 0.2) is 5.10 Å². The molecule has 3 amide bonds. The molecule has 0 aromatic heterocycles. The summed E-state index contributed by atoms with van der Waals surface area (Å²) >= 11 is 0. The second-order valence-electron chi connectivity index (χ2n) is 1.98. The Morgan fingerprint density at radius 1 is 1.64 bits per heavy atom. The number of urea groups is 1. The van der Waals surface area contributed by atoms with E-state index >= 15 is 0 Å². The van der Waals surface area contributed by atoms with Crippen LogP contribution >= 0.6 is 0 Å². The molecule has 0 bridgehead atoms. The summed E-state index contributed by atoms with van der Waals surface area (Å²) in [5.41, 5.74) is 0. The third-order valence-electron chi connectivity index (χ3n) is 1.39. The molecule has 0 aromatic carbocycles. The minimum absolute atomic E-state index is 0.160. The fourth-order valence-corrected chi connectivity index (χ4v) is 0.834. The van der Waals surface area contributed by atoms with Gasteiger partial charge in [-0.05, 0) is 0 Å². The lowest BCUT2D eigenvalue weighted by Crippen LogP contribution is -2.33. The van der Waals surface area contributed by atoms with E-state index in [0.717, 1.165) is 5.01 Å². The molecule has 11 heavy (non-hydrogen) atoms. The van der Waals surface area contributed by atoms with Gasteiger partial charge in [0, 0.05) is 6.72 Å². The summed E-state index contributed by atoms with van der Waals surface area (Å²) < 4.78 is 0. The number of nitrogens with zero attached hydrogens (tertiary/aromatic N) is 3. The first-order chi connectivity index (χ1) is 5.16. The fraction of sp³-hybridized carbons (Fsp3) is 0.400. The van der Waals surface area contributed by atoms with E-state index in [1.165, 1.54) is 0 Å². The summed E-state index contributed by atoms with van der Waals surface area (Å²) in [6, 6.07) is -0.632. The van der Waals surface area contributed by atoms with Crippen LogP contribution in [0.25, 0.3) is 0 Å². The molecule has 6 heteroatoms. The zero-order chi connectivity index (χ0) is 8.43. The molecule has 1 fully saturated rings. The number of amides is 3. The van der Waals surface area contributed by atoms with Crippen molar-refractivity contribution in [1.29, 1.82) is 0 Å². The first-order valence-electron chi connectivity index (χ1n) is 2.95. The van der Waals surface area contributed by atoms with E-state index in [4.69, 9.17) is 5.11 Å². The van der Waals surface area contributed by atoms with E-state index in [2.05, 4.69) is 11.8 Å². The number of imide groups is 1. The largest absolute Gasteiger partial charge is 0.465 e. The van der Waals surface area contributed by atoms with Gasteiger partial charge in [-0.3, -0.25) is 0 Å². The number of carbonyl (C=O) groups is 2. The highest BCUT2D eigenvalue weighted by Gasteiger charge is 2.32. The van der Waals surface area contributed by atoms with Crippen LogP contribution in [0.4, 0.5) is 9.59 Å². The predicted octanol–water partition coefficient (Wildman–Crippen LogP) is 0.0176. The molecule has 0 unspecified atom stereocenters. The molecule has 6 nitrogen and oxygen atoms in total. The highest BCUT2D eigenvalue weighted by Crippen LogP contribution is 2.07. The Morgan fingerprint density at radius 2 is 2.27 bits per heavy atom. The highest BCUT2D eigenvalue weighted by atomic mass is 16.4. The zero-order valence-electron chi connectivity index (χ0n) is 5.73. The topological polar surface area (TPSA) is 73.2 Å². The molecule has 1 aliphatic heterocycles. The first kappa shape index (κ1) is 7.52. The lowest BCUT2D eigenvalue weighted by molar-refractivity contribution is 0.153. The molecule has 0 spiro atoms. The standard InChI is InChI=1S/C5H7N3O3/c1-6-8-3-2-7(4(8)9)5(10)11/h1-3H2,(H,10,11). The maximum atomic E-state index is 10.9. The third-order valence-corrected chi connectivity index (χ3v) is 1.39. The van der Waals surface area contributed by atoms with E-state index in [1.807, 2.05) is 0 Å². The van der Waals surface area contributed by atoms with Crippen LogP contribution in [-0.4, -0.2) is 46.9 Å².